The molecule has 0 atom stereocenters. The predicted molar refractivity (Wildman–Crippen MR) is 57.3 cm³/mol. The summed E-state index contributed by atoms with van der Waals surface area (Å²) in [6.45, 7) is 0. The van der Waals surface area contributed by atoms with Crippen molar-refractivity contribution in [3.63, 3.8) is 0 Å². The van der Waals surface area contributed by atoms with Crippen LogP contribution in [0.15, 0.2) is 24.3 Å². The molecule has 1 amide bonds. The highest BCUT2D eigenvalue weighted by Gasteiger charge is 2.61. The van der Waals surface area contributed by atoms with E-state index in [4.69, 9.17) is 0 Å². The van der Waals surface area contributed by atoms with Gasteiger partial charge in [0.2, 0.25) is 11.8 Å². The second-order valence-corrected chi connectivity index (χ2v) is 3.81. The highest BCUT2D eigenvalue weighted by atomic mass is 19.4. The number of nitrogens with zero attached hydrogens (tertiary/aromatic N) is 1. The van der Waals surface area contributed by atoms with Gasteiger partial charge in [0.25, 0.3) is 5.69 Å². The molecule has 0 fully saturated rings. The molecular weight excluding hydrogens is 310 g/mol. The number of carbonyl (C=O) groups excluding carboxylic acids is 1. The second-order valence-electron chi connectivity index (χ2n) is 3.81. The number of benzene rings is 1. The number of amides is 1. The topological polar surface area (TPSA) is 72.2 Å². The molecule has 0 spiro atoms. The van der Waals surface area contributed by atoms with E-state index in [0.29, 0.717) is 0 Å². The maximum absolute atomic E-state index is 12.3. The molecule has 0 unspecified atom stereocenters. The number of nitro benzene ring substituents is 1. The van der Waals surface area contributed by atoms with Crippen molar-refractivity contribution in [2.45, 2.75) is 12.4 Å². The number of carbonyl (C=O) groups is 1. The number of rotatable bonds is 3. The summed E-state index contributed by atoms with van der Waals surface area (Å²) in [5, 5.41) is 11.7. The van der Waals surface area contributed by atoms with E-state index >= 15 is 0 Å². The Morgan fingerprint density at radius 2 is 1.48 bits per heavy atom. The molecular formula is C10H6F6N2O3. The van der Waals surface area contributed by atoms with E-state index in [-0.39, 0.29) is 0 Å². The Balaban J connectivity index is 2.95. The fourth-order valence-electron chi connectivity index (χ4n) is 1.36. The molecule has 11 heteroatoms. The lowest BCUT2D eigenvalue weighted by Crippen LogP contribution is -2.45. The molecule has 116 valence electrons. The molecule has 1 aromatic carbocycles. The van der Waals surface area contributed by atoms with E-state index in [1.54, 1.807) is 0 Å². The summed E-state index contributed by atoms with van der Waals surface area (Å²) in [5.41, 5.74) is -0.861. The first-order valence-electron chi connectivity index (χ1n) is 5.11. The predicted octanol–water partition coefficient (Wildman–Crippen LogP) is 3.27. The minimum Gasteiger partial charge on any atom is -0.325 e. The van der Waals surface area contributed by atoms with Gasteiger partial charge in [-0.05, 0) is 12.1 Å². The number of nitro groups is 1. The van der Waals surface area contributed by atoms with Gasteiger partial charge in [0.15, 0.2) is 0 Å². The quantitative estimate of drug-likeness (QED) is 0.528. The zero-order valence-corrected chi connectivity index (χ0v) is 9.83. The first kappa shape index (κ1) is 16.7. The van der Waals surface area contributed by atoms with E-state index in [0.717, 1.165) is 24.3 Å². The molecule has 21 heavy (non-hydrogen) atoms. The van der Waals surface area contributed by atoms with E-state index in [1.807, 2.05) is 0 Å². The Morgan fingerprint density at radius 3 is 1.81 bits per heavy atom. The van der Waals surface area contributed by atoms with Crippen LogP contribution in [0, 0.1) is 16.0 Å². The number of alkyl halides is 6. The highest BCUT2D eigenvalue weighted by molar-refractivity contribution is 5.93. The number of non-ortho nitro benzene ring substituents is 1. The number of nitrogens with one attached hydrogen (secondary N) is 1. The van der Waals surface area contributed by atoms with Crippen molar-refractivity contribution in [3.8, 4) is 0 Å². The maximum Gasteiger partial charge on any atom is 0.409 e. The van der Waals surface area contributed by atoms with Crippen LogP contribution < -0.4 is 5.32 Å². The largest absolute Gasteiger partial charge is 0.409 e. The average Bonchev–Trinajstić information content (AvgIpc) is 2.25. The monoisotopic (exact) mass is 316 g/mol. The van der Waals surface area contributed by atoms with Crippen LogP contribution in [0.5, 0.6) is 0 Å². The number of hydrogen-bond donors (Lipinski definition) is 1. The third kappa shape index (κ3) is 4.33. The summed E-state index contributed by atoms with van der Waals surface area (Å²) >= 11 is 0. The molecule has 1 aromatic rings. The Labute approximate surface area is 112 Å². The van der Waals surface area contributed by atoms with Crippen molar-refractivity contribution in [2.24, 2.45) is 5.92 Å². The van der Waals surface area contributed by atoms with E-state index < -0.39 is 40.5 Å². The number of hydrogen-bond acceptors (Lipinski definition) is 3. The zero-order chi connectivity index (χ0) is 16.4. The SMILES string of the molecule is O=C(Nc1ccc([N+](=O)[O-])cc1)C(C(F)(F)F)C(F)(F)F. The molecule has 0 heterocycles. The fourth-order valence-corrected chi connectivity index (χ4v) is 1.36. The van der Waals surface area contributed by atoms with Crippen LogP contribution in [0.1, 0.15) is 0 Å². The third-order valence-electron chi connectivity index (χ3n) is 2.26. The third-order valence-corrected chi connectivity index (χ3v) is 2.26. The van der Waals surface area contributed by atoms with E-state index in [1.165, 1.54) is 5.32 Å². The highest BCUT2D eigenvalue weighted by Crippen LogP contribution is 2.39. The molecule has 0 saturated heterocycles. The molecule has 0 aliphatic carbocycles. The van der Waals surface area contributed by atoms with Gasteiger partial charge in [0.1, 0.15) is 0 Å². The molecule has 5 nitrogen and oxygen atoms in total. The molecule has 0 radical (unpaired) electrons. The molecule has 0 aliphatic heterocycles. The number of anilines is 1. The Bertz CT molecular complexity index is 523. The lowest BCUT2D eigenvalue weighted by Gasteiger charge is -2.21. The molecule has 0 saturated carbocycles. The lowest BCUT2D eigenvalue weighted by molar-refractivity contribution is -0.384. The summed E-state index contributed by atoms with van der Waals surface area (Å²) in [4.78, 5) is 20.6. The maximum atomic E-state index is 12.3. The molecule has 0 bridgehead atoms. The minimum atomic E-state index is -5.80. The van der Waals surface area contributed by atoms with Gasteiger partial charge in [-0.1, -0.05) is 0 Å². The van der Waals surface area contributed by atoms with Crippen LogP contribution in [0.25, 0.3) is 0 Å². The minimum absolute atomic E-state index is 0.427. The van der Waals surface area contributed by atoms with Crippen LogP contribution in [0.4, 0.5) is 37.7 Å². The van der Waals surface area contributed by atoms with Gasteiger partial charge < -0.3 is 5.32 Å². The fraction of sp³-hybridized carbons (Fsp3) is 0.300. The van der Waals surface area contributed by atoms with Crippen LogP contribution >= 0.6 is 0 Å². The smallest absolute Gasteiger partial charge is 0.325 e. The second kappa shape index (κ2) is 5.58. The van der Waals surface area contributed by atoms with Crippen molar-refractivity contribution in [2.75, 3.05) is 5.32 Å². The lowest BCUT2D eigenvalue weighted by atomic mass is 10.1. The van der Waals surface area contributed by atoms with Gasteiger partial charge >= 0.3 is 12.4 Å². The van der Waals surface area contributed by atoms with Crippen molar-refractivity contribution < 1.29 is 36.1 Å². The van der Waals surface area contributed by atoms with Crippen molar-refractivity contribution in [1.82, 2.24) is 0 Å². The summed E-state index contributed by atoms with van der Waals surface area (Å²) < 4.78 is 73.6. The van der Waals surface area contributed by atoms with Gasteiger partial charge in [0, 0.05) is 17.8 Å². The Hall–Kier alpha value is -2.33. The van der Waals surface area contributed by atoms with Gasteiger partial charge in [-0.2, -0.15) is 26.3 Å². The van der Waals surface area contributed by atoms with Gasteiger partial charge in [-0.15, -0.1) is 0 Å². The molecule has 1 rings (SSSR count). The van der Waals surface area contributed by atoms with Gasteiger partial charge in [-0.25, -0.2) is 0 Å². The summed E-state index contributed by atoms with van der Waals surface area (Å²) in [6.07, 6.45) is -11.6. The van der Waals surface area contributed by atoms with Crippen LogP contribution in [-0.2, 0) is 4.79 Å². The van der Waals surface area contributed by atoms with Crippen molar-refractivity contribution in [1.29, 1.82) is 0 Å². The number of halogens is 6. The summed E-state index contributed by atoms with van der Waals surface area (Å²) in [7, 11) is 0. The average molecular weight is 316 g/mol. The van der Waals surface area contributed by atoms with Crippen LogP contribution in [0.2, 0.25) is 0 Å². The Morgan fingerprint density at radius 1 is 1.05 bits per heavy atom. The van der Waals surface area contributed by atoms with Crippen molar-refractivity contribution in [3.05, 3.63) is 34.4 Å². The van der Waals surface area contributed by atoms with E-state index in [2.05, 4.69) is 0 Å². The van der Waals surface area contributed by atoms with Crippen molar-refractivity contribution >= 4 is 17.3 Å². The first-order valence-corrected chi connectivity index (χ1v) is 5.11. The summed E-state index contributed by atoms with van der Waals surface area (Å²) in [5.74, 6) is -6.50. The van der Waals surface area contributed by atoms with Crippen LogP contribution in [-0.4, -0.2) is 23.2 Å². The molecule has 1 N–H and O–H groups in total. The van der Waals surface area contributed by atoms with Gasteiger partial charge in [0.05, 0.1) is 4.92 Å². The van der Waals surface area contributed by atoms with Crippen LogP contribution in [0.3, 0.4) is 0 Å². The standard InChI is InChI=1S/C10H6F6N2O3/c11-9(12,13)7(10(14,15)16)8(19)17-5-1-3-6(4-2-5)18(20)21/h1-4,7H,(H,17,19). The zero-order valence-electron chi connectivity index (χ0n) is 9.83. The van der Waals surface area contributed by atoms with E-state index in [9.17, 15) is 41.3 Å². The van der Waals surface area contributed by atoms with Gasteiger partial charge in [-0.3, -0.25) is 14.9 Å². The first-order chi connectivity index (χ1) is 9.43. The molecule has 0 aromatic heterocycles. The molecule has 0 aliphatic rings. The normalized spacial score (nSPS) is 12.3. The summed E-state index contributed by atoms with van der Waals surface area (Å²) in [6, 6.07) is 3.29. The Kier molecular flexibility index (Phi) is 4.44.